The number of benzene rings is 3. The van der Waals surface area contributed by atoms with E-state index in [1.54, 1.807) is 17.0 Å². The number of imidazole rings is 1. The van der Waals surface area contributed by atoms with E-state index in [0.717, 1.165) is 39.5 Å². The zero-order valence-electron chi connectivity index (χ0n) is 29.5. The molecule has 2 amide bonds. The molecule has 51 heavy (non-hydrogen) atoms. The summed E-state index contributed by atoms with van der Waals surface area (Å²) in [6.07, 6.45) is 2.23. The van der Waals surface area contributed by atoms with E-state index in [9.17, 15) is 14.0 Å². The predicted octanol–water partition coefficient (Wildman–Crippen LogP) is 8.32. The third kappa shape index (κ3) is 8.60. The summed E-state index contributed by atoms with van der Waals surface area (Å²) < 4.78 is 41.1. The van der Waals surface area contributed by atoms with Crippen LogP contribution >= 0.6 is 0 Å². The zero-order valence-corrected chi connectivity index (χ0v) is 29.5. The number of carbonyl (C=O) groups is 2. The third-order valence-electron chi connectivity index (χ3n) is 9.18. The quantitative estimate of drug-likeness (QED) is 0.161. The highest BCUT2D eigenvalue weighted by Crippen LogP contribution is 2.32. The molecule has 266 valence electrons. The van der Waals surface area contributed by atoms with Crippen LogP contribution in [0.2, 0.25) is 0 Å². The highest BCUT2D eigenvalue weighted by Gasteiger charge is 2.37. The summed E-state index contributed by atoms with van der Waals surface area (Å²) in [5.41, 5.74) is 5.42. The van der Waals surface area contributed by atoms with Crippen LogP contribution in [0.3, 0.4) is 0 Å². The van der Waals surface area contributed by atoms with E-state index in [2.05, 4.69) is 15.3 Å². The van der Waals surface area contributed by atoms with Gasteiger partial charge in [0.05, 0.1) is 48.4 Å². The monoisotopic (exact) mass is 695 g/mol. The first-order valence-electron chi connectivity index (χ1n) is 17.2. The lowest BCUT2D eigenvalue weighted by molar-refractivity contribution is -0.116. The first-order valence-corrected chi connectivity index (χ1v) is 17.2. The van der Waals surface area contributed by atoms with Crippen LogP contribution in [0.25, 0.3) is 11.0 Å². The Morgan fingerprint density at radius 3 is 2.45 bits per heavy atom. The maximum Gasteiger partial charge on any atom is 0.411 e. The number of carbonyl (C=O) groups excluding carboxylic acids is 2. The summed E-state index contributed by atoms with van der Waals surface area (Å²) in [4.78, 5) is 40.8. The third-order valence-corrected chi connectivity index (χ3v) is 9.18. The average Bonchev–Trinajstić information content (AvgIpc) is 3.49. The number of aromatic amines is 1. The van der Waals surface area contributed by atoms with Gasteiger partial charge in [-0.1, -0.05) is 42.5 Å². The number of pyridine rings is 1. The van der Waals surface area contributed by atoms with Crippen LogP contribution in [-0.2, 0) is 20.7 Å². The number of fused-ring (bicyclic) bond motifs is 1. The summed E-state index contributed by atoms with van der Waals surface area (Å²) in [7, 11) is 0. The van der Waals surface area contributed by atoms with E-state index >= 15 is 4.39 Å². The van der Waals surface area contributed by atoms with Gasteiger partial charge in [0.2, 0.25) is 5.91 Å². The maximum absolute atomic E-state index is 15.3. The Labute approximate surface area is 296 Å². The second-order valence-electron chi connectivity index (χ2n) is 14.1. The molecule has 3 heterocycles. The Hall–Kier alpha value is -5.16. The molecule has 3 atom stereocenters. The molecule has 5 aromatic rings. The summed E-state index contributed by atoms with van der Waals surface area (Å²) in [6.45, 7) is 9.86. The normalized spacial score (nSPS) is 17.0. The van der Waals surface area contributed by atoms with Gasteiger partial charge < -0.3 is 19.8 Å². The van der Waals surface area contributed by atoms with Crippen molar-refractivity contribution in [3.63, 3.8) is 0 Å². The zero-order chi connectivity index (χ0) is 36.3. The number of halogens is 2. The molecular formula is C40H43F2N5O4. The highest BCUT2D eigenvalue weighted by molar-refractivity contribution is 5.92. The number of anilines is 1. The summed E-state index contributed by atoms with van der Waals surface area (Å²) in [5, 5.41) is 2.87. The number of hydrogen-bond acceptors (Lipinski definition) is 6. The van der Waals surface area contributed by atoms with Gasteiger partial charge in [0.1, 0.15) is 29.1 Å². The van der Waals surface area contributed by atoms with Crippen molar-refractivity contribution >= 4 is 28.7 Å². The molecular weight excluding hydrogens is 652 g/mol. The van der Waals surface area contributed by atoms with Crippen LogP contribution in [0.15, 0.2) is 79.1 Å². The van der Waals surface area contributed by atoms with Crippen molar-refractivity contribution in [1.29, 1.82) is 0 Å². The second-order valence-corrected chi connectivity index (χ2v) is 14.1. The largest absolute Gasteiger partial charge is 0.444 e. The number of nitrogens with zero attached hydrogens (tertiary/aromatic N) is 3. The molecule has 9 nitrogen and oxygen atoms in total. The Kier molecular flexibility index (Phi) is 10.5. The fraction of sp³-hybridized carbons (Fsp3) is 0.350. The SMILES string of the molecule is Cc1cc2nc([C@@H]3CO[C@H](CCc4c(F)cncc4NC(=O)C[C@H](c4ccccc4)c4ccc(F)cc4)CN3C(=O)OC(C)(C)C)[nH]c2cc1C. The average molecular weight is 696 g/mol. The molecule has 0 radical (unpaired) electrons. The number of morpholine rings is 1. The van der Waals surface area contributed by atoms with Crippen molar-refractivity contribution in [2.45, 2.75) is 77.5 Å². The minimum Gasteiger partial charge on any atom is -0.444 e. The molecule has 0 spiro atoms. The lowest BCUT2D eigenvalue weighted by atomic mass is 9.88. The van der Waals surface area contributed by atoms with Gasteiger partial charge in [-0.2, -0.15) is 0 Å². The van der Waals surface area contributed by atoms with E-state index in [0.29, 0.717) is 12.2 Å². The van der Waals surface area contributed by atoms with E-state index in [4.69, 9.17) is 14.5 Å². The van der Waals surface area contributed by atoms with E-state index in [1.165, 1.54) is 18.3 Å². The molecule has 1 saturated heterocycles. The molecule has 2 N–H and O–H groups in total. The van der Waals surface area contributed by atoms with Gasteiger partial charge in [-0.3, -0.25) is 14.7 Å². The van der Waals surface area contributed by atoms with Crippen molar-refractivity contribution in [1.82, 2.24) is 19.9 Å². The van der Waals surface area contributed by atoms with Crippen molar-refractivity contribution in [3.8, 4) is 0 Å². The van der Waals surface area contributed by atoms with Crippen LogP contribution in [0.5, 0.6) is 0 Å². The minimum atomic E-state index is -0.721. The topological polar surface area (TPSA) is 109 Å². The Bertz CT molecular complexity index is 1970. The number of ether oxygens (including phenoxy) is 2. The fourth-order valence-corrected chi connectivity index (χ4v) is 6.41. The molecule has 6 rings (SSSR count). The Morgan fingerprint density at radius 2 is 1.73 bits per heavy atom. The number of nitrogens with one attached hydrogen (secondary N) is 2. The van der Waals surface area contributed by atoms with Gasteiger partial charge in [0.25, 0.3) is 0 Å². The standard InChI is InChI=1S/C40H43F2N5O4/c1-24-17-33-34(18-25(24)2)46-38(45-33)36-23-50-29(22-47(36)39(49)51-40(3,4)5)15-16-30-32(42)20-43-21-35(30)44-37(48)19-31(26-9-7-6-8-10-26)27-11-13-28(41)14-12-27/h6-14,17-18,20-21,29,31,36H,15-16,19,22-23H2,1-5H3,(H,44,48)(H,45,46)/t29-,31-,36+/m1/s1. The number of hydrogen-bond donors (Lipinski definition) is 2. The molecule has 0 saturated carbocycles. The molecule has 11 heteroatoms. The van der Waals surface area contributed by atoms with Crippen molar-refractivity contribution < 1.29 is 27.8 Å². The number of aromatic nitrogens is 3. The molecule has 0 bridgehead atoms. The smallest absolute Gasteiger partial charge is 0.411 e. The van der Waals surface area contributed by atoms with Gasteiger partial charge >= 0.3 is 6.09 Å². The van der Waals surface area contributed by atoms with Crippen LogP contribution < -0.4 is 5.32 Å². The predicted molar refractivity (Wildman–Crippen MR) is 191 cm³/mol. The number of rotatable bonds is 9. The van der Waals surface area contributed by atoms with Crippen molar-refractivity contribution in [2.75, 3.05) is 18.5 Å². The van der Waals surface area contributed by atoms with Crippen LogP contribution in [0, 0.1) is 25.5 Å². The summed E-state index contributed by atoms with van der Waals surface area (Å²) in [6, 6.07) is 19.1. The molecule has 1 aliphatic heterocycles. The molecule has 0 aliphatic carbocycles. The minimum absolute atomic E-state index is 0.0461. The second kappa shape index (κ2) is 15.0. The lowest BCUT2D eigenvalue weighted by Gasteiger charge is -2.39. The number of H-pyrrole nitrogens is 1. The first kappa shape index (κ1) is 35.7. The van der Waals surface area contributed by atoms with Gasteiger partial charge in [0.15, 0.2) is 0 Å². The number of amides is 2. The van der Waals surface area contributed by atoms with Gasteiger partial charge in [-0.05, 0) is 94.0 Å². The van der Waals surface area contributed by atoms with E-state index in [1.807, 2.05) is 77.1 Å². The van der Waals surface area contributed by atoms with Crippen LogP contribution in [-0.4, -0.2) is 56.7 Å². The molecule has 0 unspecified atom stereocenters. The molecule has 1 fully saturated rings. The van der Waals surface area contributed by atoms with Crippen molar-refractivity contribution in [2.24, 2.45) is 0 Å². The molecule has 2 aromatic heterocycles. The lowest BCUT2D eigenvalue weighted by Crippen LogP contribution is -2.49. The molecule has 3 aromatic carbocycles. The van der Waals surface area contributed by atoms with Crippen molar-refractivity contribution in [3.05, 3.63) is 124 Å². The first-order chi connectivity index (χ1) is 24.3. The fourth-order valence-electron chi connectivity index (χ4n) is 6.41. The maximum atomic E-state index is 15.3. The van der Waals surface area contributed by atoms with Crippen LogP contribution in [0.1, 0.15) is 79.2 Å². The van der Waals surface area contributed by atoms with Gasteiger partial charge in [0, 0.05) is 17.9 Å². The van der Waals surface area contributed by atoms with Crippen LogP contribution in [0.4, 0.5) is 19.3 Å². The molecule has 1 aliphatic rings. The highest BCUT2D eigenvalue weighted by atomic mass is 19.1. The number of aryl methyl sites for hydroxylation is 2. The van der Waals surface area contributed by atoms with Gasteiger partial charge in [-0.25, -0.2) is 18.6 Å². The summed E-state index contributed by atoms with van der Waals surface area (Å²) in [5.74, 6) is -1.02. The van der Waals surface area contributed by atoms with E-state index in [-0.39, 0.29) is 54.9 Å². The summed E-state index contributed by atoms with van der Waals surface area (Å²) >= 11 is 0. The Morgan fingerprint density at radius 1 is 1.02 bits per heavy atom. The Balaban J connectivity index is 1.17. The van der Waals surface area contributed by atoms with E-state index < -0.39 is 29.7 Å². The van der Waals surface area contributed by atoms with Gasteiger partial charge in [-0.15, -0.1) is 0 Å².